The van der Waals surface area contributed by atoms with Crippen LogP contribution in [0.2, 0.25) is 0 Å². The number of rotatable bonds is 4. The first-order chi connectivity index (χ1) is 10.3. The molecule has 1 aromatic heterocycles. The predicted octanol–water partition coefficient (Wildman–Crippen LogP) is 4.02. The van der Waals surface area contributed by atoms with Crippen LogP contribution in [0, 0.1) is 0 Å². The summed E-state index contributed by atoms with van der Waals surface area (Å²) in [6, 6.07) is 16.7. The summed E-state index contributed by atoms with van der Waals surface area (Å²) in [6.07, 6.45) is 3.75. The van der Waals surface area contributed by atoms with E-state index in [1.807, 2.05) is 31.7 Å². The molecule has 0 amide bonds. The molecule has 0 saturated carbocycles. The summed E-state index contributed by atoms with van der Waals surface area (Å²) in [5, 5.41) is 3.18. The molecule has 0 spiro atoms. The zero-order valence-corrected chi connectivity index (χ0v) is 13.3. The van der Waals surface area contributed by atoms with Gasteiger partial charge in [0.05, 0.1) is 18.2 Å². The zero-order chi connectivity index (χ0) is 14.7. The van der Waals surface area contributed by atoms with E-state index in [1.54, 1.807) is 0 Å². The Morgan fingerprint density at radius 1 is 1.14 bits per heavy atom. The number of aromatic nitrogens is 2. The van der Waals surface area contributed by atoms with Gasteiger partial charge in [-0.3, -0.25) is 4.57 Å². The number of hydrogen-bond donors (Lipinski definition) is 1. The summed E-state index contributed by atoms with van der Waals surface area (Å²) in [4.78, 5) is 4.31. The van der Waals surface area contributed by atoms with Crippen molar-refractivity contribution in [3.8, 4) is 16.9 Å². The van der Waals surface area contributed by atoms with Crippen LogP contribution in [0.5, 0.6) is 0 Å². The molecular formula is C17H16BrN3. The summed E-state index contributed by atoms with van der Waals surface area (Å²) in [7, 11) is 1.96. The zero-order valence-electron chi connectivity index (χ0n) is 11.8. The van der Waals surface area contributed by atoms with Crippen molar-refractivity contribution in [1.29, 1.82) is 0 Å². The van der Waals surface area contributed by atoms with Crippen molar-refractivity contribution in [2.75, 3.05) is 7.05 Å². The van der Waals surface area contributed by atoms with Crippen LogP contribution < -0.4 is 5.32 Å². The number of hydrogen-bond acceptors (Lipinski definition) is 2. The standard InChI is InChI=1S/C17H16BrN3/c1-19-10-13-4-2-7-16(8-13)21-12-20-11-17(21)14-5-3-6-15(18)9-14/h2-9,11-12,19H,10H2,1H3. The smallest absolute Gasteiger partial charge is 0.0997 e. The number of imidazole rings is 1. The summed E-state index contributed by atoms with van der Waals surface area (Å²) < 4.78 is 3.18. The lowest BCUT2D eigenvalue weighted by molar-refractivity contribution is 0.816. The highest BCUT2D eigenvalue weighted by atomic mass is 79.9. The van der Waals surface area contributed by atoms with Gasteiger partial charge >= 0.3 is 0 Å². The van der Waals surface area contributed by atoms with E-state index in [0.717, 1.165) is 28.0 Å². The third-order valence-corrected chi connectivity index (χ3v) is 3.82. The fourth-order valence-corrected chi connectivity index (χ4v) is 2.78. The van der Waals surface area contributed by atoms with E-state index in [9.17, 15) is 0 Å². The van der Waals surface area contributed by atoms with E-state index >= 15 is 0 Å². The predicted molar refractivity (Wildman–Crippen MR) is 89.5 cm³/mol. The van der Waals surface area contributed by atoms with Gasteiger partial charge in [-0.25, -0.2) is 4.98 Å². The molecule has 3 nitrogen and oxygen atoms in total. The first-order valence-corrected chi connectivity index (χ1v) is 7.59. The fraction of sp³-hybridized carbons (Fsp3) is 0.118. The first kappa shape index (κ1) is 14.0. The molecule has 0 saturated heterocycles. The Morgan fingerprint density at radius 2 is 2.00 bits per heavy atom. The molecule has 1 heterocycles. The topological polar surface area (TPSA) is 29.9 Å². The van der Waals surface area contributed by atoms with Crippen LogP contribution in [-0.4, -0.2) is 16.6 Å². The third kappa shape index (κ3) is 3.06. The Kier molecular flexibility index (Phi) is 4.18. The van der Waals surface area contributed by atoms with Gasteiger partial charge in [-0.1, -0.05) is 40.2 Å². The van der Waals surface area contributed by atoms with Crippen molar-refractivity contribution in [3.05, 3.63) is 71.1 Å². The molecule has 3 aromatic rings. The van der Waals surface area contributed by atoms with Crippen LogP contribution in [0.1, 0.15) is 5.56 Å². The summed E-state index contributed by atoms with van der Waals surface area (Å²) in [5.41, 5.74) is 4.60. The van der Waals surface area contributed by atoms with Crippen molar-refractivity contribution in [1.82, 2.24) is 14.9 Å². The van der Waals surface area contributed by atoms with Gasteiger partial charge in [0.15, 0.2) is 0 Å². The van der Waals surface area contributed by atoms with Crippen LogP contribution in [0.4, 0.5) is 0 Å². The average Bonchev–Trinajstić information content (AvgIpc) is 2.97. The third-order valence-electron chi connectivity index (χ3n) is 3.33. The van der Waals surface area contributed by atoms with Gasteiger partial charge in [-0.15, -0.1) is 0 Å². The van der Waals surface area contributed by atoms with Gasteiger partial charge in [0, 0.05) is 22.3 Å². The van der Waals surface area contributed by atoms with Crippen molar-refractivity contribution < 1.29 is 0 Å². The van der Waals surface area contributed by atoms with Crippen molar-refractivity contribution in [2.45, 2.75) is 6.54 Å². The number of benzene rings is 2. The van der Waals surface area contributed by atoms with Crippen molar-refractivity contribution in [3.63, 3.8) is 0 Å². The maximum Gasteiger partial charge on any atom is 0.0997 e. The first-order valence-electron chi connectivity index (χ1n) is 6.80. The Labute approximate surface area is 132 Å². The van der Waals surface area contributed by atoms with Crippen molar-refractivity contribution >= 4 is 15.9 Å². The van der Waals surface area contributed by atoms with Crippen LogP contribution >= 0.6 is 15.9 Å². The Bertz CT molecular complexity index is 749. The molecular weight excluding hydrogens is 326 g/mol. The molecule has 0 aliphatic rings. The lowest BCUT2D eigenvalue weighted by Gasteiger charge is -2.10. The quantitative estimate of drug-likeness (QED) is 0.776. The maximum absolute atomic E-state index is 4.31. The number of nitrogens with one attached hydrogen (secondary N) is 1. The van der Waals surface area contributed by atoms with Gasteiger partial charge in [0.25, 0.3) is 0 Å². The summed E-state index contributed by atoms with van der Waals surface area (Å²) in [5.74, 6) is 0. The van der Waals surface area contributed by atoms with Gasteiger partial charge in [-0.05, 0) is 36.9 Å². The molecule has 0 fully saturated rings. The van der Waals surface area contributed by atoms with E-state index in [1.165, 1.54) is 5.56 Å². The van der Waals surface area contributed by atoms with Crippen LogP contribution in [0.15, 0.2) is 65.5 Å². The SMILES string of the molecule is CNCc1cccc(-n2cncc2-c2cccc(Br)c2)c1. The lowest BCUT2D eigenvalue weighted by Crippen LogP contribution is -2.05. The van der Waals surface area contributed by atoms with Crippen LogP contribution in [0.25, 0.3) is 16.9 Å². The minimum atomic E-state index is 0.856. The molecule has 0 atom stereocenters. The van der Waals surface area contributed by atoms with Crippen LogP contribution in [-0.2, 0) is 6.54 Å². The molecule has 21 heavy (non-hydrogen) atoms. The van der Waals surface area contributed by atoms with E-state index in [4.69, 9.17) is 0 Å². The second-order valence-electron chi connectivity index (χ2n) is 4.86. The normalized spacial score (nSPS) is 10.8. The average molecular weight is 342 g/mol. The largest absolute Gasteiger partial charge is 0.316 e. The van der Waals surface area contributed by atoms with Gasteiger partial charge < -0.3 is 5.32 Å². The fourth-order valence-electron chi connectivity index (χ4n) is 2.38. The minimum Gasteiger partial charge on any atom is -0.316 e. The molecule has 0 unspecified atom stereocenters. The number of halogens is 1. The highest BCUT2D eigenvalue weighted by Gasteiger charge is 2.07. The molecule has 1 N–H and O–H groups in total. The minimum absolute atomic E-state index is 0.856. The summed E-state index contributed by atoms with van der Waals surface area (Å²) in [6.45, 7) is 0.856. The Hall–Kier alpha value is -1.91. The second-order valence-corrected chi connectivity index (χ2v) is 5.78. The molecule has 0 radical (unpaired) electrons. The lowest BCUT2D eigenvalue weighted by atomic mass is 10.1. The van der Waals surface area contributed by atoms with E-state index in [0.29, 0.717) is 0 Å². The molecule has 0 bridgehead atoms. The van der Waals surface area contributed by atoms with E-state index in [-0.39, 0.29) is 0 Å². The van der Waals surface area contributed by atoms with Crippen LogP contribution in [0.3, 0.4) is 0 Å². The number of nitrogens with zero attached hydrogens (tertiary/aromatic N) is 2. The summed E-state index contributed by atoms with van der Waals surface area (Å²) >= 11 is 3.52. The molecule has 2 aromatic carbocycles. The maximum atomic E-state index is 4.31. The molecule has 4 heteroatoms. The second kappa shape index (κ2) is 6.24. The van der Waals surface area contributed by atoms with Gasteiger partial charge in [0.2, 0.25) is 0 Å². The van der Waals surface area contributed by atoms with Gasteiger partial charge in [-0.2, -0.15) is 0 Å². The van der Waals surface area contributed by atoms with E-state index in [2.05, 4.69) is 67.2 Å². The molecule has 3 rings (SSSR count). The van der Waals surface area contributed by atoms with Crippen molar-refractivity contribution in [2.24, 2.45) is 0 Å². The molecule has 106 valence electrons. The molecule has 0 aliphatic heterocycles. The highest BCUT2D eigenvalue weighted by molar-refractivity contribution is 9.10. The monoisotopic (exact) mass is 341 g/mol. The van der Waals surface area contributed by atoms with Gasteiger partial charge in [0.1, 0.15) is 0 Å². The van der Waals surface area contributed by atoms with E-state index < -0.39 is 0 Å². The highest BCUT2D eigenvalue weighted by Crippen LogP contribution is 2.25. The Balaban J connectivity index is 2.05. The Morgan fingerprint density at radius 3 is 2.81 bits per heavy atom. The molecule has 0 aliphatic carbocycles.